The lowest BCUT2D eigenvalue weighted by Gasteiger charge is -2.60. The van der Waals surface area contributed by atoms with Crippen LogP contribution in [0.1, 0.15) is 52.4 Å². The fourth-order valence-electron chi connectivity index (χ4n) is 6.14. The first-order valence-electron chi connectivity index (χ1n) is 8.66. The summed E-state index contributed by atoms with van der Waals surface area (Å²) in [5.74, 6) is 0.699. The quantitative estimate of drug-likeness (QED) is 0.723. The molecule has 0 aromatic heterocycles. The lowest BCUT2D eigenvalue weighted by Crippen LogP contribution is -2.61. The van der Waals surface area contributed by atoms with Crippen LogP contribution in [0.3, 0.4) is 0 Å². The molecule has 3 heteroatoms. The van der Waals surface area contributed by atoms with E-state index < -0.39 is 5.60 Å². The zero-order chi connectivity index (χ0) is 15.8. The molecule has 2 N–H and O–H groups in total. The number of aliphatic hydroxyl groups is 2. The SMILES string of the molecule is C[C@]12C=CC(=O)C=C1CC[C@@H]1[C@@H]2CC[C@]2(C)[C@@H](O)CCC12O. The molecule has 0 saturated heterocycles. The van der Waals surface area contributed by atoms with Gasteiger partial charge in [-0.05, 0) is 62.5 Å². The van der Waals surface area contributed by atoms with Crippen molar-refractivity contribution in [1.29, 1.82) is 0 Å². The molecule has 4 aliphatic carbocycles. The maximum Gasteiger partial charge on any atom is 0.178 e. The maximum absolute atomic E-state index is 11.7. The second kappa shape index (κ2) is 4.33. The Bertz CT molecular complexity index is 591. The molecule has 3 nitrogen and oxygen atoms in total. The number of rotatable bonds is 0. The maximum atomic E-state index is 11.7. The topological polar surface area (TPSA) is 57.5 Å². The van der Waals surface area contributed by atoms with Gasteiger partial charge in [-0.1, -0.05) is 25.5 Å². The molecule has 22 heavy (non-hydrogen) atoms. The van der Waals surface area contributed by atoms with Crippen LogP contribution >= 0.6 is 0 Å². The van der Waals surface area contributed by atoms with Gasteiger partial charge in [0.1, 0.15) is 0 Å². The van der Waals surface area contributed by atoms with Gasteiger partial charge < -0.3 is 10.2 Å². The molecule has 0 amide bonds. The normalized spacial score (nSPS) is 53.5. The predicted molar refractivity (Wildman–Crippen MR) is 84.1 cm³/mol. The number of hydrogen-bond acceptors (Lipinski definition) is 3. The van der Waals surface area contributed by atoms with Gasteiger partial charge in [-0.25, -0.2) is 0 Å². The van der Waals surface area contributed by atoms with Crippen molar-refractivity contribution in [2.45, 2.75) is 64.1 Å². The van der Waals surface area contributed by atoms with E-state index in [4.69, 9.17) is 0 Å². The molecule has 3 saturated carbocycles. The van der Waals surface area contributed by atoms with Crippen molar-refractivity contribution >= 4 is 5.78 Å². The minimum Gasteiger partial charge on any atom is -0.392 e. The van der Waals surface area contributed by atoms with Gasteiger partial charge in [-0.2, -0.15) is 0 Å². The van der Waals surface area contributed by atoms with E-state index in [-0.39, 0.29) is 28.6 Å². The summed E-state index contributed by atoms with van der Waals surface area (Å²) < 4.78 is 0. The van der Waals surface area contributed by atoms with Crippen LogP contribution in [0.5, 0.6) is 0 Å². The Morgan fingerprint density at radius 1 is 1.14 bits per heavy atom. The van der Waals surface area contributed by atoms with E-state index in [9.17, 15) is 15.0 Å². The van der Waals surface area contributed by atoms with Gasteiger partial charge in [0.25, 0.3) is 0 Å². The highest BCUT2D eigenvalue weighted by atomic mass is 16.3. The second-order valence-corrected chi connectivity index (χ2v) is 8.37. The van der Waals surface area contributed by atoms with Gasteiger partial charge >= 0.3 is 0 Å². The second-order valence-electron chi connectivity index (χ2n) is 8.37. The van der Waals surface area contributed by atoms with Gasteiger partial charge in [0.05, 0.1) is 11.7 Å². The van der Waals surface area contributed by atoms with E-state index in [2.05, 4.69) is 19.9 Å². The van der Waals surface area contributed by atoms with Crippen LogP contribution in [0.25, 0.3) is 0 Å². The van der Waals surface area contributed by atoms with Crippen molar-refractivity contribution in [3.63, 3.8) is 0 Å². The number of carbonyl (C=O) groups excluding carboxylic acids is 1. The predicted octanol–water partition coefficient (Wildman–Crippen LogP) is 2.77. The van der Waals surface area contributed by atoms with E-state index in [1.165, 1.54) is 5.57 Å². The molecule has 3 fully saturated rings. The molecule has 0 heterocycles. The van der Waals surface area contributed by atoms with Crippen molar-refractivity contribution in [3.8, 4) is 0 Å². The van der Waals surface area contributed by atoms with Gasteiger partial charge in [0, 0.05) is 10.8 Å². The minimum absolute atomic E-state index is 0.0958. The van der Waals surface area contributed by atoms with Crippen LogP contribution in [0, 0.1) is 22.7 Å². The standard InChI is InChI=1S/C19H26O3/c1-17-8-5-13(20)11-12(17)3-4-15-14(17)6-9-18(2)16(21)7-10-19(15,18)22/h5,8,11,14-16,21-22H,3-4,6-7,9-10H2,1-2H3/t14-,15+,16-,17-,18+,19?/m0/s1. The summed E-state index contributed by atoms with van der Waals surface area (Å²) in [5, 5.41) is 22.0. The van der Waals surface area contributed by atoms with Gasteiger partial charge in [-0.3, -0.25) is 4.79 Å². The van der Waals surface area contributed by atoms with Gasteiger partial charge in [0.15, 0.2) is 5.78 Å². The summed E-state index contributed by atoms with van der Waals surface area (Å²) in [4.78, 5) is 11.7. The third-order valence-corrected chi connectivity index (χ3v) is 7.69. The highest BCUT2D eigenvalue weighted by Crippen LogP contribution is 2.66. The molecule has 0 aromatic rings. The Morgan fingerprint density at radius 2 is 1.91 bits per heavy atom. The first kappa shape index (κ1) is 14.6. The van der Waals surface area contributed by atoms with E-state index in [0.29, 0.717) is 18.8 Å². The minimum atomic E-state index is -0.751. The molecule has 1 unspecified atom stereocenters. The Labute approximate surface area is 132 Å². The first-order valence-corrected chi connectivity index (χ1v) is 8.66. The molecular weight excluding hydrogens is 276 g/mol. The van der Waals surface area contributed by atoms with E-state index in [0.717, 1.165) is 25.7 Å². The van der Waals surface area contributed by atoms with Crippen LogP contribution in [0.2, 0.25) is 0 Å². The van der Waals surface area contributed by atoms with Crippen LogP contribution in [-0.4, -0.2) is 27.7 Å². The number of carbonyl (C=O) groups is 1. The van der Waals surface area contributed by atoms with Crippen LogP contribution < -0.4 is 0 Å². The lowest BCUT2D eigenvalue weighted by molar-refractivity contribution is -0.187. The van der Waals surface area contributed by atoms with Crippen molar-refractivity contribution < 1.29 is 15.0 Å². The first-order chi connectivity index (χ1) is 10.3. The molecule has 0 aliphatic heterocycles. The molecule has 0 aromatic carbocycles. The summed E-state index contributed by atoms with van der Waals surface area (Å²) in [6, 6.07) is 0. The summed E-state index contributed by atoms with van der Waals surface area (Å²) >= 11 is 0. The Balaban J connectivity index is 1.76. The molecule has 120 valence electrons. The Hall–Kier alpha value is -0.930. The van der Waals surface area contributed by atoms with Crippen LogP contribution in [0.4, 0.5) is 0 Å². The monoisotopic (exact) mass is 302 g/mol. The van der Waals surface area contributed by atoms with E-state index >= 15 is 0 Å². The van der Waals surface area contributed by atoms with Crippen LogP contribution in [-0.2, 0) is 4.79 Å². The third-order valence-electron chi connectivity index (χ3n) is 7.69. The fourth-order valence-corrected chi connectivity index (χ4v) is 6.14. The summed E-state index contributed by atoms with van der Waals surface area (Å²) in [5.41, 5.74) is 0.0348. The van der Waals surface area contributed by atoms with Gasteiger partial charge in [0.2, 0.25) is 0 Å². The number of aliphatic hydroxyl groups excluding tert-OH is 1. The smallest absolute Gasteiger partial charge is 0.178 e. The van der Waals surface area contributed by atoms with Crippen LogP contribution in [0.15, 0.2) is 23.8 Å². The highest BCUT2D eigenvalue weighted by molar-refractivity contribution is 6.01. The number of ketones is 1. The zero-order valence-corrected chi connectivity index (χ0v) is 13.5. The number of hydrogen-bond donors (Lipinski definition) is 2. The Morgan fingerprint density at radius 3 is 2.68 bits per heavy atom. The third kappa shape index (κ3) is 1.57. The average molecular weight is 302 g/mol. The van der Waals surface area contributed by atoms with Crippen molar-refractivity contribution in [2.24, 2.45) is 22.7 Å². The van der Waals surface area contributed by atoms with Gasteiger partial charge in [-0.15, -0.1) is 0 Å². The van der Waals surface area contributed by atoms with E-state index in [1.54, 1.807) is 6.08 Å². The average Bonchev–Trinajstić information content (AvgIpc) is 2.72. The zero-order valence-electron chi connectivity index (χ0n) is 13.5. The fraction of sp³-hybridized carbons (Fsp3) is 0.737. The largest absolute Gasteiger partial charge is 0.392 e. The summed E-state index contributed by atoms with van der Waals surface area (Å²) in [6.45, 7) is 4.31. The lowest BCUT2D eigenvalue weighted by atomic mass is 9.47. The molecule has 0 bridgehead atoms. The number of fused-ring (bicyclic) bond motifs is 5. The van der Waals surface area contributed by atoms with E-state index in [1.807, 2.05) is 6.08 Å². The molecule has 0 spiro atoms. The summed E-state index contributed by atoms with van der Waals surface area (Å²) in [7, 11) is 0. The van der Waals surface area contributed by atoms with Crippen molar-refractivity contribution in [2.75, 3.05) is 0 Å². The van der Waals surface area contributed by atoms with Crippen molar-refractivity contribution in [1.82, 2.24) is 0 Å². The molecule has 0 radical (unpaired) electrons. The number of allylic oxidation sites excluding steroid dienone is 4. The Kier molecular flexibility index (Phi) is 2.88. The molecule has 4 rings (SSSR count). The summed E-state index contributed by atoms with van der Waals surface area (Å²) in [6.07, 6.45) is 10.4. The molecular formula is C19H26O3. The van der Waals surface area contributed by atoms with Crippen molar-refractivity contribution in [3.05, 3.63) is 23.8 Å². The molecule has 4 aliphatic rings. The molecule has 6 atom stereocenters. The highest BCUT2D eigenvalue weighted by Gasteiger charge is 2.66.